The lowest BCUT2D eigenvalue weighted by atomic mass is 9.90. The summed E-state index contributed by atoms with van der Waals surface area (Å²) in [4.78, 5) is 24.9. The average molecular weight is 499 g/mol. The molecule has 3 heterocycles. The number of hydrogen-bond donors (Lipinski definition) is 1. The molecule has 2 aliphatic heterocycles. The van der Waals surface area contributed by atoms with Gasteiger partial charge in [-0.3, -0.25) is 4.79 Å². The van der Waals surface area contributed by atoms with Crippen LogP contribution in [0.2, 0.25) is 0 Å². The number of aliphatic hydroxyl groups is 1. The molecule has 1 saturated carbocycles. The number of aromatic nitrogens is 2. The van der Waals surface area contributed by atoms with E-state index < -0.39 is 11.4 Å². The third-order valence-electron chi connectivity index (χ3n) is 7.79. The quantitative estimate of drug-likeness (QED) is 0.569. The van der Waals surface area contributed by atoms with E-state index in [-0.39, 0.29) is 12.3 Å². The molecule has 9 heteroatoms. The number of piperidine rings is 1. The maximum Gasteiger partial charge on any atom is 0.227 e. The van der Waals surface area contributed by atoms with Gasteiger partial charge < -0.3 is 24.4 Å². The molecule has 1 unspecified atom stereocenters. The number of methoxy groups -OCH3 is 1. The van der Waals surface area contributed by atoms with E-state index in [1.54, 1.807) is 43.5 Å². The van der Waals surface area contributed by atoms with Crippen molar-refractivity contribution < 1.29 is 23.8 Å². The Kier molecular flexibility index (Phi) is 7.01. The first-order valence-electron chi connectivity index (χ1n) is 12.8. The van der Waals surface area contributed by atoms with Crippen LogP contribution >= 0.6 is 0 Å². The molecule has 194 valence electrons. The Morgan fingerprint density at radius 2 is 1.92 bits per heavy atom. The van der Waals surface area contributed by atoms with Crippen molar-refractivity contribution in [3.8, 4) is 11.5 Å². The van der Waals surface area contributed by atoms with Gasteiger partial charge in [-0.05, 0) is 62.0 Å². The fourth-order valence-corrected chi connectivity index (χ4v) is 5.60. The van der Waals surface area contributed by atoms with Gasteiger partial charge in [0.1, 0.15) is 11.6 Å². The number of rotatable bonds is 9. The molecule has 1 aromatic carbocycles. The molecule has 2 saturated heterocycles. The number of benzene rings is 1. The first-order chi connectivity index (χ1) is 17.3. The number of halogens is 1. The lowest BCUT2D eigenvalue weighted by molar-refractivity contribution is -0.151. The minimum absolute atomic E-state index is 0.00461. The van der Waals surface area contributed by atoms with Crippen molar-refractivity contribution in [1.29, 1.82) is 0 Å². The number of amides is 1. The van der Waals surface area contributed by atoms with Crippen LogP contribution in [0.4, 0.5) is 10.3 Å². The Hall–Kier alpha value is -2.94. The summed E-state index contributed by atoms with van der Waals surface area (Å²) in [5.41, 5.74) is -0.469. The first-order valence-corrected chi connectivity index (χ1v) is 12.8. The van der Waals surface area contributed by atoms with Crippen LogP contribution in [0.5, 0.6) is 11.5 Å². The molecule has 5 rings (SSSR count). The lowest BCUT2D eigenvalue weighted by Gasteiger charge is -2.44. The molecule has 2 atom stereocenters. The maximum atomic E-state index is 14.5. The Morgan fingerprint density at radius 3 is 2.56 bits per heavy atom. The van der Waals surface area contributed by atoms with Gasteiger partial charge in [-0.2, -0.15) is 0 Å². The number of ether oxygens (including phenoxy) is 2. The van der Waals surface area contributed by atoms with Crippen molar-refractivity contribution in [2.75, 3.05) is 44.8 Å². The van der Waals surface area contributed by atoms with Crippen molar-refractivity contribution in [3.05, 3.63) is 42.0 Å². The lowest BCUT2D eigenvalue weighted by Crippen LogP contribution is -2.62. The van der Waals surface area contributed by atoms with Gasteiger partial charge in [0.05, 0.1) is 51.2 Å². The zero-order valence-electron chi connectivity index (χ0n) is 21.0. The first kappa shape index (κ1) is 24.7. The number of β-amino-alcohol motifs (C(OH)–C–C–N with tert-alkyl or cyclic N) is 1. The molecule has 8 nitrogen and oxygen atoms in total. The van der Waals surface area contributed by atoms with E-state index in [0.29, 0.717) is 42.7 Å². The van der Waals surface area contributed by atoms with Gasteiger partial charge >= 0.3 is 0 Å². The van der Waals surface area contributed by atoms with Crippen LogP contribution in [0.25, 0.3) is 0 Å². The second kappa shape index (κ2) is 10.2. The number of carbonyl (C=O) groups is 1. The summed E-state index contributed by atoms with van der Waals surface area (Å²) in [6, 6.07) is 4.73. The normalized spacial score (nSPS) is 23.2. The van der Waals surface area contributed by atoms with Gasteiger partial charge in [0, 0.05) is 19.2 Å². The molecule has 1 aliphatic carbocycles. The van der Waals surface area contributed by atoms with Crippen molar-refractivity contribution in [1.82, 2.24) is 14.9 Å². The third kappa shape index (κ3) is 5.72. The topological polar surface area (TPSA) is 88.0 Å². The number of carbonyl (C=O) groups excluding carboxylic acids is 1. The molecule has 2 aromatic rings. The Bertz CT molecular complexity index is 1060. The van der Waals surface area contributed by atoms with E-state index in [9.17, 15) is 14.3 Å². The molecule has 3 fully saturated rings. The zero-order chi connectivity index (χ0) is 25.3. The van der Waals surface area contributed by atoms with Crippen LogP contribution in [0, 0.1) is 23.6 Å². The van der Waals surface area contributed by atoms with Crippen molar-refractivity contribution >= 4 is 11.9 Å². The van der Waals surface area contributed by atoms with E-state index in [4.69, 9.17) is 9.47 Å². The predicted molar refractivity (Wildman–Crippen MR) is 133 cm³/mol. The van der Waals surface area contributed by atoms with Crippen LogP contribution in [0.3, 0.4) is 0 Å². The molecule has 0 spiro atoms. The van der Waals surface area contributed by atoms with E-state index in [1.165, 1.54) is 12.5 Å². The van der Waals surface area contributed by atoms with E-state index in [1.807, 2.05) is 0 Å². The van der Waals surface area contributed by atoms with Gasteiger partial charge in [0.15, 0.2) is 5.75 Å². The fourth-order valence-electron chi connectivity index (χ4n) is 5.60. The minimum Gasteiger partial charge on any atom is -0.494 e. The standard InChI is InChI=1S/C27H35FN4O4/c1-27(34)16-32(17-27)25(33)12-20-3-4-21(13-24(20)28)36-10-7-19-11-23(19)18-5-8-31(9-6-18)26-29-14-22(35-2)15-30-26/h3-4,13-15,18-19,23,34H,5-12,16-17H2,1-2H3/t19-,23?/m1/s1. The van der Waals surface area contributed by atoms with Crippen LogP contribution in [-0.2, 0) is 11.2 Å². The Labute approximate surface area is 211 Å². The maximum absolute atomic E-state index is 14.5. The second-order valence-electron chi connectivity index (χ2n) is 10.7. The van der Waals surface area contributed by atoms with E-state index in [0.717, 1.165) is 50.1 Å². The van der Waals surface area contributed by atoms with Gasteiger partial charge in [-0.1, -0.05) is 6.07 Å². The molecular weight excluding hydrogens is 463 g/mol. The summed E-state index contributed by atoms with van der Waals surface area (Å²) in [6.07, 6.45) is 7.94. The fraction of sp³-hybridized carbons (Fsp3) is 0.593. The third-order valence-corrected chi connectivity index (χ3v) is 7.79. The SMILES string of the molecule is COc1cnc(N2CCC(C3C[C@H]3CCOc3ccc(CC(=O)N4CC(C)(O)C4)c(F)c3)CC2)nc1. The van der Waals surface area contributed by atoms with Gasteiger partial charge in [0.25, 0.3) is 0 Å². The highest BCUT2D eigenvalue weighted by Gasteiger charge is 2.43. The average Bonchev–Trinajstić information content (AvgIpc) is 3.64. The molecular formula is C27H35FN4O4. The Morgan fingerprint density at radius 1 is 1.19 bits per heavy atom. The highest BCUT2D eigenvalue weighted by Crippen LogP contribution is 2.49. The summed E-state index contributed by atoms with van der Waals surface area (Å²) in [7, 11) is 1.61. The van der Waals surface area contributed by atoms with E-state index >= 15 is 0 Å². The number of anilines is 1. The van der Waals surface area contributed by atoms with Crippen molar-refractivity contribution in [2.45, 2.75) is 44.6 Å². The van der Waals surface area contributed by atoms with Crippen molar-refractivity contribution in [2.24, 2.45) is 17.8 Å². The monoisotopic (exact) mass is 498 g/mol. The van der Waals surface area contributed by atoms with E-state index in [2.05, 4.69) is 14.9 Å². The molecule has 3 aliphatic rings. The minimum atomic E-state index is -0.823. The van der Waals surface area contributed by atoms with Crippen LogP contribution in [-0.4, -0.2) is 71.4 Å². The molecule has 1 amide bonds. The number of nitrogens with zero attached hydrogens (tertiary/aromatic N) is 4. The Balaban J connectivity index is 1.01. The highest BCUT2D eigenvalue weighted by molar-refractivity contribution is 5.80. The molecule has 0 radical (unpaired) electrons. The highest BCUT2D eigenvalue weighted by atomic mass is 19.1. The van der Waals surface area contributed by atoms with Crippen LogP contribution in [0.15, 0.2) is 30.6 Å². The summed E-state index contributed by atoms with van der Waals surface area (Å²) in [5.74, 6) is 3.50. The van der Waals surface area contributed by atoms with Gasteiger partial charge in [-0.15, -0.1) is 0 Å². The summed E-state index contributed by atoms with van der Waals surface area (Å²) >= 11 is 0. The van der Waals surface area contributed by atoms with Gasteiger partial charge in [0.2, 0.25) is 11.9 Å². The van der Waals surface area contributed by atoms with Crippen LogP contribution < -0.4 is 14.4 Å². The second-order valence-corrected chi connectivity index (χ2v) is 10.7. The zero-order valence-corrected chi connectivity index (χ0v) is 21.0. The summed E-state index contributed by atoms with van der Waals surface area (Å²) in [6.45, 7) is 4.81. The van der Waals surface area contributed by atoms with Crippen LogP contribution in [0.1, 0.15) is 38.2 Å². The summed E-state index contributed by atoms with van der Waals surface area (Å²) in [5, 5.41) is 9.78. The smallest absolute Gasteiger partial charge is 0.227 e. The summed E-state index contributed by atoms with van der Waals surface area (Å²) < 4.78 is 25.5. The van der Waals surface area contributed by atoms with Crippen molar-refractivity contribution in [3.63, 3.8) is 0 Å². The van der Waals surface area contributed by atoms with Gasteiger partial charge in [-0.25, -0.2) is 14.4 Å². The molecule has 1 aromatic heterocycles. The molecule has 0 bridgehead atoms. The number of hydrogen-bond acceptors (Lipinski definition) is 7. The number of likely N-dealkylation sites (tertiary alicyclic amines) is 1. The predicted octanol–water partition coefficient (Wildman–Crippen LogP) is 3.08. The molecule has 1 N–H and O–H groups in total. The largest absolute Gasteiger partial charge is 0.494 e. The molecule has 36 heavy (non-hydrogen) atoms.